The van der Waals surface area contributed by atoms with Gasteiger partial charge in [0, 0.05) is 16.1 Å². The number of nitrogen functional groups attached to an aromatic ring is 1. The lowest BCUT2D eigenvalue weighted by Crippen LogP contribution is -2.16. The Morgan fingerprint density at radius 1 is 1.42 bits per heavy atom. The maximum Gasteiger partial charge on any atom is 0.237 e. The summed E-state index contributed by atoms with van der Waals surface area (Å²) >= 11 is 4.63. The first-order valence-electron chi connectivity index (χ1n) is 6.86. The largest absolute Gasteiger partial charge is 0.338 e. The lowest BCUT2D eigenvalue weighted by molar-refractivity contribution is -0.113. The first kappa shape index (κ1) is 16.5. The second kappa shape index (κ2) is 7.05. The lowest BCUT2D eigenvalue weighted by Gasteiger charge is -2.05. The van der Waals surface area contributed by atoms with Crippen molar-refractivity contribution in [1.29, 1.82) is 0 Å². The maximum absolute atomic E-state index is 11.9. The van der Waals surface area contributed by atoms with Crippen molar-refractivity contribution in [1.82, 2.24) is 20.0 Å². The van der Waals surface area contributed by atoms with Crippen LogP contribution < -0.4 is 11.2 Å². The van der Waals surface area contributed by atoms with Crippen molar-refractivity contribution in [2.75, 3.05) is 16.9 Å². The van der Waals surface area contributed by atoms with Crippen LogP contribution in [0, 0.1) is 6.92 Å². The third-order valence-electron chi connectivity index (χ3n) is 3.00. The summed E-state index contributed by atoms with van der Waals surface area (Å²) in [6.07, 6.45) is 0. The first-order valence-corrected chi connectivity index (χ1v) is 8.64. The minimum absolute atomic E-state index is 0.116. The minimum atomic E-state index is -0.249. The van der Waals surface area contributed by atoms with Crippen LogP contribution in [0.2, 0.25) is 0 Å². The summed E-state index contributed by atoms with van der Waals surface area (Å²) in [6, 6.07) is 9.19. The lowest BCUT2D eigenvalue weighted by atomic mass is 10.2. The van der Waals surface area contributed by atoms with Gasteiger partial charge in [-0.15, -0.1) is 10.2 Å². The number of nitrogens with one attached hydrogen (secondary N) is 1. The highest BCUT2D eigenvalue weighted by molar-refractivity contribution is 9.10. The van der Waals surface area contributed by atoms with Gasteiger partial charge in [-0.1, -0.05) is 45.0 Å². The van der Waals surface area contributed by atoms with E-state index in [4.69, 9.17) is 10.4 Å². The molecule has 0 radical (unpaired) electrons. The van der Waals surface area contributed by atoms with E-state index in [9.17, 15) is 4.79 Å². The summed E-state index contributed by atoms with van der Waals surface area (Å²) in [5, 5.41) is 14.9. The highest BCUT2D eigenvalue weighted by Crippen LogP contribution is 2.27. The molecule has 0 aliphatic rings. The molecule has 24 heavy (non-hydrogen) atoms. The summed E-state index contributed by atoms with van der Waals surface area (Å²) in [4.78, 5) is 11.9. The maximum atomic E-state index is 11.9. The van der Waals surface area contributed by atoms with Crippen LogP contribution in [0.15, 0.2) is 44.5 Å². The molecule has 0 atom stereocenters. The van der Waals surface area contributed by atoms with Gasteiger partial charge in [-0.3, -0.25) is 10.1 Å². The fourth-order valence-corrected chi connectivity index (χ4v) is 3.05. The molecular formula is C14H13BrN6O2S. The van der Waals surface area contributed by atoms with E-state index in [1.54, 1.807) is 13.0 Å². The number of aryl methyl sites for hydroxylation is 1. The molecule has 0 unspecified atom stereocenters. The SMILES string of the molecule is Cc1cc(NC(=O)CSc2nnc(-c3ccccc3Br)n2N)on1. The van der Waals surface area contributed by atoms with Crippen molar-refractivity contribution in [3.8, 4) is 11.4 Å². The number of rotatable bonds is 5. The van der Waals surface area contributed by atoms with E-state index < -0.39 is 0 Å². The molecule has 0 bridgehead atoms. The van der Waals surface area contributed by atoms with Crippen LogP contribution in [0.5, 0.6) is 0 Å². The highest BCUT2D eigenvalue weighted by atomic mass is 79.9. The zero-order valence-corrected chi connectivity index (χ0v) is 15.0. The number of nitrogens with zero attached hydrogens (tertiary/aromatic N) is 4. The van der Waals surface area contributed by atoms with Crippen LogP contribution in [0.4, 0.5) is 5.88 Å². The number of aromatic nitrogens is 4. The Balaban J connectivity index is 1.66. The number of anilines is 1. The van der Waals surface area contributed by atoms with E-state index in [1.165, 1.54) is 16.4 Å². The van der Waals surface area contributed by atoms with Crippen LogP contribution in [0.1, 0.15) is 5.69 Å². The fraction of sp³-hybridized carbons (Fsp3) is 0.143. The molecular weight excluding hydrogens is 396 g/mol. The van der Waals surface area contributed by atoms with Crippen LogP contribution in [-0.4, -0.2) is 31.7 Å². The van der Waals surface area contributed by atoms with Crippen molar-refractivity contribution in [3.63, 3.8) is 0 Å². The molecule has 1 amide bonds. The smallest absolute Gasteiger partial charge is 0.237 e. The van der Waals surface area contributed by atoms with Gasteiger partial charge in [-0.2, -0.15) is 0 Å². The van der Waals surface area contributed by atoms with E-state index >= 15 is 0 Å². The van der Waals surface area contributed by atoms with Crippen molar-refractivity contribution >= 4 is 39.5 Å². The zero-order chi connectivity index (χ0) is 17.1. The number of hydrogen-bond donors (Lipinski definition) is 2. The molecule has 0 aliphatic heterocycles. The van der Waals surface area contributed by atoms with Crippen LogP contribution in [0.3, 0.4) is 0 Å². The third-order valence-corrected chi connectivity index (χ3v) is 4.64. The van der Waals surface area contributed by atoms with Crippen LogP contribution >= 0.6 is 27.7 Å². The van der Waals surface area contributed by atoms with Gasteiger partial charge in [0.25, 0.3) is 0 Å². The molecule has 2 aromatic heterocycles. The van der Waals surface area contributed by atoms with Gasteiger partial charge in [-0.25, -0.2) is 4.68 Å². The second-order valence-corrected chi connectivity index (χ2v) is 6.62. The summed E-state index contributed by atoms with van der Waals surface area (Å²) in [5.74, 6) is 6.72. The number of carbonyl (C=O) groups is 1. The van der Waals surface area contributed by atoms with Gasteiger partial charge in [0.1, 0.15) is 0 Å². The summed E-state index contributed by atoms with van der Waals surface area (Å²) in [5.41, 5.74) is 1.51. The van der Waals surface area contributed by atoms with Gasteiger partial charge in [0.2, 0.25) is 16.9 Å². The molecule has 3 rings (SSSR count). The molecule has 0 aliphatic carbocycles. The Bertz CT molecular complexity index is 878. The third kappa shape index (κ3) is 3.60. The van der Waals surface area contributed by atoms with Crippen molar-refractivity contribution in [2.24, 2.45) is 0 Å². The second-order valence-electron chi connectivity index (χ2n) is 4.83. The number of hydrogen-bond acceptors (Lipinski definition) is 7. The summed E-state index contributed by atoms with van der Waals surface area (Å²) in [6.45, 7) is 1.77. The van der Waals surface area contributed by atoms with Crippen molar-refractivity contribution in [2.45, 2.75) is 12.1 Å². The number of nitrogens with two attached hydrogens (primary N) is 1. The van der Waals surface area contributed by atoms with E-state index in [0.29, 0.717) is 22.6 Å². The van der Waals surface area contributed by atoms with Gasteiger partial charge in [0.05, 0.1) is 11.4 Å². The molecule has 0 saturated carbocycles. The number of halogens is 1. The highest BCUT2D eigenvalue weighted by Gasteiger charge is 2.16. The van der Waals surface area contributed by atoms with E-state index in [-0.39, 0.29) is 11.7 Å². The number of carbonyl (C=O) groups excluding carboxylic acids is 1. The Kier molecular flexibility index (Phi) is 4.86. The average Bonchev–Trinajstić information content (AvgIpc) is 3.12. The quantitative estimate of drug-likeness (QED) is 0.492. The Labute approximate surface area is 149 Å². The zero-order valence-electron chi connectivity index (χ0n) is 12.6. The van der Waals surface area contributed by atoms with Gasteiger partial charge in [0.15, 0.2) is 5.82 Å². The topological polar surface area (TPSA) is 112 Å². The van der Waals surface area contributed by atoms with Crippen molar-refractivity contribution < 1.29 is 9.32 Å². The molecule has 3 N–H and O–H groups in total. The first-order chi connectivity index (χ1) is 11.5. The average molecular weight is 409 g/mol. The predicted octanol–water partition coefficient (Wildman–Crippen LogP) is 2.45. The minimum Gasteiger partial charge on any atom is -0.338 e. The molecule has 3 aromatic rings. The van der Waals surface area contributed by atoms with Gasteiger partial charge >= 0.3 is 0 Å². The van der Waals surface area contributed by atoms with Gasteiger partial charge < -0.3 is 10.4 Å². The number of thioether (sulfide) groups is 1. The molecule has 10 heteroatoms. The number of amides is 1. The van der Waals surface area contributed by atoms with Gasteiger partial charge in [-0.05, 0) is 19.1 Å². The van der Waals surface area contributed by atoms with Crippen LogP contribution in [0.25, 0.3) is 11.4 Å². The molecule has 1 aromatic carbocycles. The number of benzene rings is 1. The standard InChI is InChI=1S/C14H13BrN6O2S/c1-8-6-12(23-20-8)17-11(22)7-24-14-19-18-13(21(14)16)9-4-2-3-5-10(9)15/h2-6H,7,16H2,1H3,(H,17,22). The summed E-state index contributed by atoms with van der Waals surface area (Å²) in [7, 11) is 0. The molecule has 124 valence electrons. The monoisotopic (exact) mass is 408 g/mol. The molecule has 0 fully saturated rings. The molecule has 2 heterocycles. The van der Waals surface area contributed by atoms with E-state index in [2.05, 4.69) is 36.6 Å². The Morgan fingerprint density at radius 3 is 2.92 bits per heavy atom. The fourth-order valence-electron chi connectivity index (χ4n) is 1.93. The normalized spacial score (nSPS) is 10.8. The molecule has 8 nitrogen and oxygen atoms in total. The van der Waals surface area contributed by atoms with Crippen LogP contribution in [-0.2, 0) is 4.79 Å². The summed E-state index contributed by atoms with van der Waals surface area (Å²) < 4.78 is 7.15. The Hall–Kier alpha value is -2.33. The Morgan fingerprint density at radius 2 is 2.21 bits per heavy atom. The molecule has 0 saturated heterocycles. The van der Waals surface area contributed by atoms with Crippen molar-refractivity contribution in [3.05, 3.63) is 40.5 Å². The van der Waals surface area contributed by atoms with E-state index in [0.717, 1.165) is 10.0 Å². The predicted molar refractivity (Wildman–Crippen MR) is 93.9 cm³/mol. The molecule has 0 spiro atoms. The van der Waals surface area contributed by atoms with E-state index in [1.807, 2.05) is 24.3 Å².